The highest BCUT2D eigenvalue weighted by molar-refractivity contribution is 5.15. The minimum absolute atomic E-state index is 0.388. The first-order valence-electron chi connectivity index (χ1n) is 4.85. The predicted octanol–water partition coefficient (Wildman–Crippen LogP) is 1.30. The molecule has 80 valence electrons. The molecule has 0 bridgehead atoms. The van der Waals surface area contributed by atoms with E-state index in [0.717, 1.165) is 0 Å². The van der Waals surface area contributed by atoms with E-state index in [9.17, 15) is 0 Å². The zero-order chi connectivity index (χ0) is 10.8. The Morgan fingerprint density at radius 2 is 2.07 bits per heavy atom. The van der Waals surface area contributed by atoms with Crippen LogP contribution in [-0.4, -0.2) is 29.2 Å². The highest BCUT2D eigenvalue weighted by atomic mass is 16.7. The van der Waals surface area contributed by atoms with Gasteiger partial charge < -0.3 is 14.6 Å². The molecule has 1 aliphatic rings. The fourth-order valence-corrected chi connectivity index (χ4v) is 1.36. The number of hydrogen-bond donors (Lipinski definition) is 1. The molecule has 1 unspecified atom stereocenters. The summed E-state index contributed by atoms with van der Waals surface area (Å²) in [7, 11) is 0. The van der Waals surface area contributed by atoms with Gasteiger partial charge >= 0.3 is 0 Å². The lowest BCUT2D eigenvalue weighted by molar-refractivity contribution is -0.146. The molecular formula is C11H18O3. The second-order valence-corrected chi connectivity index (χ2v) is 4.38. The number of ether oxygens (including phenoxy) is 2. The van der Waals surface area contributed by atoms with E-state index in [1.807, 2.05) is 20.8 Å². The molecule has 0 saturated carbocycles. The SMILES string of the molecule is CC(O)CC#C[C@@]1(C)COC(C)(C)O1. The largest absolute Gasteiger partial charge is 0.392 e. The Hall–Kier alpha value is -0.560. The fourth-order valence-electron chi connectivity index (χ4n) is 1.36. The molecule has 1 N–H and O–H groups in total. The molecule has 1 heterocycles. The summed E-state index contributed by atoms with van der Waals surface area (Å²) >= 11 is 0. The third-order valence-corrected chi connectivity index (χ3v) is 1.92. The lowest BCUT2D eigenvalue weighted by atomic mass is 10.1. The van der Waals surface area contributed by atoms with Crippen LogP contribution in [0.15, 0.2) is 0 Å². The van der Waals surface area contributed by atoms with Crippen LogP contribution < -0.4 is 0 Å². The summed E-state index contributed by atoms with van der Waals surface area (Å²) in [6.45, 7) is 7.83. The molecule has 1 fully saturated rings. The van der Waals surface area contributed by atoms with Crippen LogP contribution in [0, 0.1) is 11.8 Å². The fraction of sp³-hybridized carbons (Fsp3) is 0.818. The van der Waals surface area contributed by atoms with Crippen molar-refractivity contribution in [3.8, 4) is 11.8 Å². The quantitative estimate of drug-likeness (QED) is 0.645. The van der Waals surface area contributed by atoms with Gasteiger partial charge in [-0.25, -0.2) is 0 Å². The standard InChI is InChI=1S/C11H18O3/c1-9(12)6-5-7-11(4)8-13-10(2,3)14-11/h9,12H,6,8H2,1-4H3/t9?,11-/m0/s1. The number of hydrogen-bond acceptors (Lipinski definition) is 3. The molecule has 2 atom stereocenters. The van der Waals surface area contributed by atoms with Crippen molar-refractivity contribution in [2.45, 2.75) is 51.6 Å². The summed E-state index contributed by atoms with van der Waals surface area (Å²) in [5.41, 5.74) is -0.529. The van der Waals surface area contributed by atoms with E-state index in [2.05, 4.69) is 11.8 Å². The maximum Gasteiger partial charge on any atom is 0.165 e. The maximum atomic E-state index is 9.04. The van der Waals surface area contributed by atoms with Gasteiger partial charge in [0.2, 0.25) is 0 Å². The van der Waals surface area contributed by atoms with Gasteiger partial charge in [-0.05, 0) is 27.7 Å². The molecule has 0 aromatic carbocycles. The van der Waals surface area contributed by atoms with Crippen molar-refractivity contribution in [3.63, 3.8) is 0 Å². The normalized spacial score (nSPS) is 32.1. The summed E-state index contributed by atoms with van der Waals surface area (Å²) in [6, 6.07) is 0. The van der Waals surface area contributed by atoms with Crippen LogP contribution in [-0.2, 0) is 9.47 Å². The molecule has 0 radical (unpaired) electrons. The molecule has 1 aliphatic heterocycles. The Labute approximate surface area is 85.4 Å². The van der Waals surface area contributed by atoms with E-state index in [0.29, 0.717) is 13.0 Å². The highest BCUT2D eigenvalue weighted by Gasteiger charge is 2.40. The van der Waals surface area contributed by atoms with E-state index in [1.54, 1.807) is 6.92 Å². The molecule has 1 rings (SSSR count). The molecule has 3 nitrogen and oxygen atoms in total. The van der Waals surface area contributed by atoms with Gasteiger partial charge in [-0.15, -0.1) is 0 Å². The van der Waals surface area contributed by atoms with Crippen molar-refractivity contribution in [2.24, 2.45) is 0 Å². The molecule has 14 heavy (non-hydrogen) atoms. The first-order valence-corrected chi connectivity index (χ1v) is 4.85. The van der Waals surface area contributed by atoms with Crippen molar-refractivity contribution in [2.75, 3.05) is 6.61 Å². The van der Waals surface area contributed by atoms with Gasteiger partial charge in [-0.2, -0.15) is 0 Å². The van der Waals surface area contributed by atoms with E-state index in [1.165, 1.54) is 0 Å². The van der Waals surface area contributed by atoms with Crippen LogP contribution in [0.4, 0.5) is 0 Å². The average molecular weight is 198 g/mol. The molecule has 0 aliphatic carbocycles. The van der Waals surface area contributed by atoms with Gasteiger partial charge in [0.1, 0.15) is 0 Å². The Bertz CT molecular complexity index is 259. The van der Waals surface area contributed by atoms with Crippen molar-refractivity contribution >= 4 is 0 Å². The van der Waals surface area contributed by atoms with E-state index in [4.69, 9.17) is 14.6 Å². The van der Waals surface area contributed by atoms with Gasteiger partial charge in [-0.3, -0.25) is 0 Å². The first-order chi connectivity index (χ1) is 6.33. The van der Waals surface area contributed by atoms with Crippen molar-refractivity contribution in [1.29, 1.82) is 0 Å². The third kappa shape index (κ3) is 3.30. The van der Waals surface area contributed by atoms with Crippen molar-refractivity contribution < 1.29 is 14.6 Å². The van der Waals surface area contributed by atoms with Crippen molar-refractivity contribution in [1.82, 2.24) is 0 Å². The third-order valence-electron chi connectivity index (χ3n) is 1.92. The zero-order valence-corrected chi connectivity index (χ0v) is 9.26. The minimum Gasteiger partial charge on any atom is -0.392 e. The minimum atomic E-state index is -0.547. The van der Waals surface area contributed by atoms with Crippen LogP contribution in [0.2, 0.25) is 0 Å². The Morgan fingerprint density at radius 1 is 1.43 bits per heavy atom. The summed E-state index contributed by atoms with van der Waals surface area (Å²) in [6.07, 6.45) is 0.0840. The summed E-state index contributed by atoms with van der Waals surface area (Å²) in [5, 5.41) is 9.04. The molecule has 0 aromatic rings. The maximum absolute atomic E-state index is 9.04. The van der Waals surface area contributed by atoms with Crippen LogP contribution in [0.1, 0.15) is 34.1 Å². The van der Waals surface area contributed by atoms with E-state index >= 15 is 0 Å². The lowest BCUT2D eigenvalue weighted by Gasteiger charge is -2.19. The summed E-state index contributed by atoms with van der Waals surface area (Å²) in [4.78, 5) is 0. The highest BCUT2D eigenvalue weighted by Crippen LogP contribution is 2.29. The number of aliphatic hydroxyl groups is 1. The number of aliphatic hydroxyl groups excluding tert-OH is 1. The van der Waals surface area contributed by atoms with E-state index < -0.39 is 11.4 Å². The van der Waals surface area contributed by atoms with Gasteiger partial charge in [0.15, 0.2) is 11.4 Å². The Kier molecular flexibility index (Phi) is 3.20. The second-order valence-electron chi connectivity index (χ2n) is 4.38. The molecule has 3 heteroatoms. The average Bonchev–Trinajstić information content (AvgIpc) is 2.25. The predicted molar refractivity (Wildman–Crippen MR) is 53.6 cm³/mol. The molecule has 1 saturated heterocycles. The van der Waals surface area contributed by atoms with Crippen LogP contribution >= 0.6 is 0 Å². The molecule has 0 amide bonds. The number of rotatable bonds is 1. The second kappa shape index (κ2) is 3.90. The molecule has 0 aromatic heterocycles. The van der Waals surface area contributed by atoms with Gasteiger partial charge in [0.25, 0.3) is 0 Å². The van der Waals surface area contributed by atoms with Gasteiger partial charge in [-0.1, -0.05) is 11.8 Å². The zero-order valence-electron chi connectivity index (χ0n) is 9.26. The monoisotopic (exact) mass is 198 g/mol. The van der Waals surface area contributed by atoms with Crippen molar-refractivity contribution in [3.05, 3.63) is 0 Å². The van der Waals surface area contributed by atoms with Crippen LogP contribution in [0.25, 0.3) is 0 Å². The first kappa shape index (κ1) is 11.5. The van der Waals surface area contributed by atoms with Gasteiger partial charge in [0, 0.05) is 6.42 Å². The topological polar surface area (TPSA) is 38.7 Å². The van der Waals surface area contributed by atoms with Gasteiger partial charge in [0.05, 0.1) is 12.7 Å². The molecular weight excluding hydrogens is 180 g/mol. The summed E-state index contributed by atoms with van der Waals surface area (Å²) in [5.74, 6) is 5.34. The summed E-state index contributed by atoms with van der Waals surface area (Å²) < 4.78 is 11.1. The van der Waals surface area contributed by atoms with Crippen LogP contribution in [0.3, 0.4) is 0 Å². The Morgan fingerprint density at radius 3 is 2.50 bits per heavy atom. The van der Waals surface area contributed by atoms with Crippen LogP contribution in [0.5, 0.6) is 0 Å². The lowest BCUT2D eigenvalue weighted by Crippen LogP contribution is -2.29. The van der Waals surface area contributed by atoms with E-state index in [-0.39, 0.29) is 6.10 Å². The Balaban J connectivity index is 2.55. The molecule has 0 spiro atoms. The smallest absolute Gasteiger partial charge is 0.165 e.